The number of carbonyl (C=O) groups excluding carboxylic acids is 3. The van der Waals surface area contributed by atoms with E-state index < -0.39 is 18.0 Å². The lowest BCUT2D eigenvalue weighted by Gasteiger charge is -2.34. The van der Waals surface area contributed by atoms with Crippen LogP contribution < -0.4 is 17.0 Å². The van der Waals surface area contributed by atoms with Crippen molar-refractivity contribution in [1.82, 2.24) is 0 Å². The molecular formula is C41H80BrNO6. The van der Waals surface area contributed by atoms with Crippen LogP contribution in [-0.2, 0) is 28.6 Å². The van der Waals surface area contributed by atoms with Gasteiger partial charge >= 0.3 is 17.9 Å². The molecule has 0 aromatic heterocycles. The van der Waals surface area contributed by atoms with Gasteiger partial charge in [0.25, 0.3) is 6.04 Å². The van der Waals surface area contributed by atoms with Crippen molar-refractivity contribution in [2.45, 2.75) is 207 Å². The number of ether oxygens (including phenoxy) is 3. The Morgan fingerprint density at radius 3 is 0.959 bits per heavy atom. The number of likely N-dealkylation sites (N-methyl/N-ethyl adjacent to an activating group) is 1. The minimum absolute atomic E-state index is 0. The molecule has 0 N–H and O–H groups in total. The number of halogens is 1. The van der Waals surface area contributed by atoms with Crippen molar-refractivity contribution in [3.8, 4) is 0 Å². The third-order valence-electron chi connectivity index (χ3n) is 9.60. The van der Waals surface area contributed by atoms with Gasteiger partial charge in [-0.3, -0.25) is 4.79 Å². The van der Waals surface area contributed by atoms with Crippen molar-refractivity contribution < 1.29 is 50.1 Å². The van der Waals surface area contributed by atoms with Crippen LogP contribution in [0.4, 0.5) is 0 Å². The van der Waals surface area contributed by atoms with Crippen LogP contribution in [0.5, 0.6) is 0 Å². The molecule has 0 aliphatic carbocycles. The number of hydrogen-bond donors (Lipinski definition) is 0. The summed E-state index contributed by atoms with van der Waals surface area (Å²) in [6, 6.07) is -1.10. The second-order valence-corrected chi connectivity index (χ2v) is 14.8. The predicted octanol–water partition coefficient (Wildman–Crippen LogP) is 8.05. The zero-order chi connectivity index (χ0) is 35.6. The molecule has 0 saturated heterocycles. The van der Waals surface area contributed by atoms with Gasteiger partial charge in [-0.1, -0.05) is 181 Å². The van der Waals surface area contributed by atoms with Crippen molar-refractivity contribution in [1.29, 1.82) is 0 Å². The normalized spacial score (nSPS) is 11.4. The summed E-state index contributed by atoms with van der Waals surface area (Å²) in [5.74, 6) is -1.49. The van der Waals surface area contributed by atoms with Crippen molar-refractivity contribution >= 4 is 17.9 Å². The molecule has 0 saturated carbocycles. The maximum atomic E-state index is 13.2. The minimum Gasteiger partial charge on any atom is -1.00 e. The molecule has 0 aliphatic rings. The zero-order valence-electron chi connectivity index (χ0n) is 33.0. The summed E-state index contributed by atoms with van der Waals surface area (Å²) in [4.78, 5) is 37.6. The number of carbonyl (C=O) groups is 3. The van der Waals surface area contributed by atoms with Gasteiger partial charge in [-0.15, -0.1) is 0 Å². The first kappa shape index (κ1) is 50.0. The molecule has 0 radical (unpaired) electrons. The predicted molar refractivity (Wildman–Crippen MR) is 200 cm³/mol. The number of unbranched alkanes of at least 4 members (excludes halogenated alkanes) is 26. The van der Waals surface area contributed by atoms with Gasteiger partial charge in [0.2, 0.25) is 0 Å². The number of rotatable bonds is 36. The van der Waals surface area contributed by atoms with E-state index in [9.17, 15) is 14.4 Å². The van der Waals surface area contributed by atoms with Gasteiger partial charge in [-0.2, -0.15) is 0 Å². The van der Waals surface area contributed by atoms with Crippen molar-refractivity contribution in [3.05, 3.63) is 0 Å². The first-order valence-corrected chi connectivity index (χ1v) is 20.6. The molecule has 0 fully saturated rings. The molecule has 0 rings (SSSR count). The SMILES string of the molecule is CCCCCCCCCCCCCCCCOC(=O)C(C(=O)OCCCCCCCCCCCCCCCC)[N+](C)(C)CCOC(C)=O.[Br-]. The van der Waals surface area contributed by atoms with Crippen LogP contribution in [0.25, 0.3) is 0 Å². The molecule has 0 amide bonds. The average molecular weight is 763 g/mol. The van der Waals surface area contributed by atoms with Crippen LogP contribution in [0, 0.1) is 0 Å². The molecule has 0 aromatic carbocycles. The molecular weight excluding hydrogens is 682 g/mol. The first-order chi connectivity index (χ1) is 23.3. The fraction of sp³-hybridized carbons (Fsp3) is 0.927. The summed E-state index contributed by atoms with van der Waals surface area (Å²) in [6.07, 6.45) is 35.4. The topological polar surface area (TPSA) is 78.9 Å². The Morgan fingerprint density at radius 1 is 0.429 bits per heavy atom. The van der Waals surface area contributed by atoms with Crippen molar-refractivity contribution in [3.63, 3.8) is 0 Å². The summed E-state index contributed by atoms with van der Waals surface area (Å²) in [7, 11) is 3.57. The largest absolute Gasteiger partial charge is 1.00 e. The van der Waals surface area contributed by atoms with Crippen LogP contribution in [-0.4, -0.2) is 68.9 Å². The molecule has 8 heteroatoms. The van der Waals surface area contributed by atoms with Crippen molar-refractivity contribution in [2.24, 2.45) is 0 Å². The quantitative estimate of drug-likeness (QED) is 0.0212. The third-order valence-corrected chi connectivity index (χ3v) is 9.60. The van der Waals surface area contributed by atoms with E-state index in [-0.39, 0.29) is 34.0 Å². The Labute approximate surface area is 314 Å². The second-order valence-electron chi connectivity index (χ2n) is 14.8. The van der Waals surface area contributed by atoms with Gasteiger partial charge in [-0.25, -0.2) is 9.59 Å². The highest BCUT2D eigenvalue weighted by molar-refractivity contribution is 5.97. The van der Waals surface area contributed by atoms with E-state index in [0.29, 0.717) is 19.8 Å². The van der Waals surface area contributed by atoms with Crippen molar-refractivity contribution in [2.75, 3.05) is 40.5 Å². The first-order valence-electron chi connectivity index (χ1n) is 20.6. The molecule has 0 unspecified atom stereocenters. The zero-order valence-corrected chi connectivity index (χ0v) is 34.6. The van der Waals surface area contributed by atoms with Gasteiger partial charge in [0, 0.05) is 6.92 Å². The van der Waals surface area contributed by atoms with Crippen LogP contribution in [0.3, 0.4) is 0 Å². The molecule has 0 spiro atoms. The van der Waals surface area contributed by atoms with Crippen LogP contribution in [0.15, 0.2) is 0 Å². The summed E-state index contributed by atoms with van der Waals surface area (Å²) in [5, 5.41) is 0. The maximum absolute atomic E-state index is 13.2. The van der Waals surface area contributed by atoms with Gasteiger partial charge in [0.05, 0.1) is 27.3 Å². The van der Waals surface area contributed by atoms with Gasteiger partial charge < -0.3 is 35.7 Å². The third kappa shape index (κ3) is 32.5. The van der Waals surface area contributed by atoms with E-state index in [1.54, 1.807) is 14.1 Å². The highest BCUT2D eigenvalue weighted by Gasteiger charge is 2.44. The van der Waals surface area contributed by atoms with Crippen LogP contribution in [0.1, 0.15) is 201 Å². The molecule has 0 aliphatic heterocycles. The fourth-order valence-corrected chi connectivity index (χ4v) is 6.32. The fourth-order valence-electron chi connectivity index (χ4n) is 6.32. The van der Waals surface area contributed by atoms with E-state index >= 15 is 0 Å². The standard InChI is InChI=1S/C41H80NO6.BrH/c1-6-8-10-12-14-16-18-20-22-24-26-28-30-32-35-47-40(44)39(42(4,5)34-37-46-38(3)43)41(45)48-36-33-31-29-27-25-23-21-19-17-15-13-11-9-7-2;/h39H,6-37H2,1-5H3;1H/q+1;/p-1. The van der Waals surface area contributed by atoms with Gasteiger partial charge in [0.15, 0.2) is 0 Å². The minimum atomic E-state index is -1.10. The van der Waals surface area contributed by atoms with E-state index in [4.69, 9.17) is 14.2 Å². The smallest absolute Gasteiger partial charge is 0.377 e. The van der Waals surface area contributed by atoms with E-state index in [0.717, 1.165) is 38.5 Å². The highest BCUT2D eigenvalue weighted by Crippen LogP contribution is 2.16. The Hall–Kier alpha value is -1.15. The van der Waals surface area contributed by atoms with Crippen LogP contribution in [0.2, 0.25) is 0 Å². The lowest BCUT2D eigenvalue weighted by Crippen LogP contribution is -3.00. The molecule has 0 bridgehead atoms. The van der Waals surface area contributed by atoms with E-state index in [2.05, 4.69) is 13.8 Å². The number of nitrogens with zero attached hydrogens (tertiary/aromatic N) is 1. The monoisotopic (exact) mass is 762 g/mol. The summed E-state index contributed by atoms with van der Waals surface area (Å²) in [6.45, 7) is 6.94. The molecule has 0 heterocycles. The molecule has 0 aromatic rings. The lowest BCUT2D eigenvalue weighted by molar-refractivity contribution is -0.898. The van der Waals surface area contributed by atoms with Gasteiger partial charge in [-0.05, 0) is 12.8 Å². The highest BCUT2D eigenvalue weighted by atomic mass is 79.9. The Kier molecular flexibility index (Phi) is 37.4. The molecule has 7 nitrogen and oxygen atoms in total. The van der Waals surface area contributed by atoms with Gasteiger partial charge in [0.1, 0.15) is 13.2 Å². The Balaban J connectivity index is 0. The number of hydrogen-bond acceptors (Lipinski definition) is 6. The molecule has 0 atom stereocenters. The average Bonchev–Trinajstić information content (AvgIpc) is 3.04. The molecule has 49 heavy (non-hydrogen) atoms. The maximum Gasteiger partial charge on any atom is 0.377 e. The second kappa shape index (κ2) is 36.6. The Morgan fingerprint density at radius 2 is 0.694 bits per heavy atom. The lowest BCUT2D eigenvalue weighted by atomic mass is 10.0. The number of quaternary nitrogens is 1. The Bertz CT molecular complexity index is 716. The molecule has 292 valence electrons. The summed E-state index contributed by atoms with van der Waals surface area (Å²) >= 11 is 0. The summed E-state index contributed by atoms with van der Waals surface area (Å²) in [5.41, 5.74) is 0. The summed E-state index contributed by atoms with van der Waals surface area (Å²) < 4.78 is 16.3. The van der Waals surface area contributed by atoms with Crippen LogP contribution >= 0.6 is 0 Å². The van der Waals surface area contributed by atoms with E-state index in [1.807, 2.05) is 0 Å². The van der Waals surface area contributed by atoms with E-state index in [1.165, 1.54) is 148 Å². The number of esters is 3.